The fourth-order valence-corrected chi connectivity index (χ4v) is 5.50. The molecule has 0 atom stereocenters. The van der Waals surface area contributed by atoms with E-state index in [4.69, 9.17) is 14.6 Å². The number of nitrogens with zero attached hydrogens (tertiary/aromatic N) is 3. The van der Waals surface area contributed by atoms with Gasteiger partial charge in [0.25, 0.3) is 0 Å². The van der Waals surface area contributed by atoms with E-state index in [0.29, 0.717) is 35.2 Å². The second-order valence-corrected chi connectivity index (χ2v) is 12.8. The van der Waals surface area contributed by atoms with Crippen LogP contribution in [0.3, 0.4) is 0 Å². The molecule has 1 aromatic heterocycles. The molecule has 10 heteroatoms. The summed E-state index contributed by atoms with van der Waals surface area (Å²) in [7, 11) is 0. The molecule has 48 heavy (non-hydrogen) atoms. The van der Waals surface area contributed by atoms with Gasteiger partial charge < -0.3 is 19.5 Å². The van der Waals surface area contributed by atoms with E-state index in [1.165, 1.54) is 24.0 Å². The Morgan fingerprint density at radius 1 is 0.896 bits per heavy atom. The van der Waals surface area contributed by atoms with E-state index in [9.17, 15) is 18.0 Å². The Morgan fingerprint density at radius 2 is 1.60 bits per heavy atom. The number of carbonyl (C=O) groups is 1. The first-order chi connectivity index (χ1) is 22.6. The summed E-state index contributed by atoms with van der Waals surface area (Å²) in [6.07, 6.45) is -1.23. The third-order valence-electron chi connectivity index (χ3n) is 7.88. The number of halogens is 3. The third kappa shape index (κ3) is 9.71. The van der Waals surface area contributed by atoms with Crippen molar-refractivity contribution in [1.82, 2.24) is 9.97 Å². The van der Waals surface area contributed by atoms with E-state index in [1.807, 2.05) is 25.7 Å². The van der Waals surface area contributed by atoms with Crippen LogP contribution in [0.4, 0.5) is 19.1 Å². The number of carboxylic acid groups (broad SMARTS) is 1. The highest BCUT2D eigenvalue weighted by Gasteiger charge is 2.31. The van der Waals surface area contributed by atoms with Crippen molar-refractivity contribution < 1.29 is 32.5 Å². The molecule has 4 aromatic rings. The number of anilines is 1. The van der Waals surface area contributed by atoms with Crippen LogP contribution in [0, 0.1) is 20.8 Å². The van der Waals surface area contributed by atoms with Gasteiger partial charge in [0.2, 0.25) is 5.95 Å². The molecule has 0 unspecified atom stereocenters. The van der Waals surface area contributed by atoms with Gasteiger partial charge in [-0.15, -0.1) is 0 Å². The quantitative estimate of drug-likeness (QED) is 0.135. The van der Waals surface area contributed by atoms with Crippen molar-refractivity contribution in [1.29, 1.82) is 0 Å². The van der Waals surface area contributed by atoms with Gasteiger partial charge >= 0.3 is 12.1 Å². The van der Waals surface area contributed by atoms with Crippen molar-refractivity contribution in [2.24, 2.45) is 0 Å². The molecule has 0 aliphatic heterocycles. The van der Waals surface area contributed by atoms with Crippen LogP contribution < -0.4 is 14.4 Å². The molecule has 0 saturated carbocycles. The number of ether oxygens (including phenoxy) is 2. The molecular weight excluding hydrogens is 619 g/mol. The molecule has 0 fully saturated rings. The SMILES string of the molecule is Cc1cc(CN(Cc2cc(C)c(OC(C)C)cc2-c2cc(C(C)C)ccc2C)c2ncc(OCCCC(=O)O)cn2)cc(C(F)(F)F)c1. The fourth-order valence-electron chi connectivity index (χ4n) is 5.50. The van der Waals surface area contributed by atoms with Crippen molar-refractivity contribution in [2.75, 3.05) is 11.5 Å². The highest BCUT2D eigenvalue weighted by atomic mass is 19.4. The predicted molar refractivity (Wildman–Crippen MR) is 182 cm³/mol. The van der Waals surface area contributed by atoms with E-state index in [1.54, 1.807) is 13.0 Å². The smallest absolute Gasteiger partial charge is 0.416 e. The third-order valence-corrected chi connectivity index (χ3v) is 7.88. The Kier molecular flexibility index (Phi) is 11.7. The fraction of sp³-hybridized carbons (Fsp3) is 0.395. The van der Waals surface area contributed by atoms with Gasteiger partial charge in [0.05, 0.1) is 30.7 Å². The van der Waals surface area contributed by atoms with Crippen LogP contribution in [0.1, 0.15) is 85.4 Å². The normalized spacial score (nSPS) is 11.7. The number of aromatic nitrogens is 2. The maximum Gasteiger partial charge on any atom is 0.416 e. The molecule has 4 rings (SSSR count). The molecular formula is C38H44F3N3O4. The Balaban J connectivity index is 1.81. The minimum atomic E-state index is -4.49. The van der Waals surface area contributed by atoms with Crippen LogP contribution in [0.15, 0.2) is 60.9 Å². The average Bonchev–Trinajstić information content (AvgIpc) is 3.00. The summed E-state index contributed by atoms with van der Waals surface area (Å²) in [4.78, 5) is 21.8. The highest BCUT2D eigenvalue weighted by molar-refractivity contribution is 5.74. The number of hydrogen-bond acceptors (Lipinski definition) is 6. The zero-order valence-electron chi connectivity index (χ0n) is 28.6. The number of rotatable bonds is 14. The van der Waals surface area contributed by atoms with Crippen molar-refractivity contribution in [2.45, 2.75) is 92.6 Å². The molecule has 0 saturated heterocycles. The van der Waals surface area contributed by atoms with Crippen LogP contribution in [-0.4, -0.2) is 33.8 Å². The number of aliphatic carboxylic acids is 1. The molecule has 1 N–H and O–H groups in total. The molecule has 1 heterocycles. The summed E-state index contributed by atoms with van der Waals surface area (Å²) < 4.78 is 53.3. The molecule has 0 amide bonds. The minimum Gasteiger partial charge on any atom is -0.491 e. The standard InChI is InChI=1S/C38H44F3N3O4/c1-23(2)29-11-10-26(6)33(17-29)34-18-35(48-24(3)4)27(7)15-30(34)22-44(21-28-13-25(5)14-31(16-28)38(39,40)41)37-42-19-32(20-43-37)47-12-8-9-36(45)46/h10-11,13-20,23-24H,8-9,12,21-22H2,1-7H3,(H,45,46). The van der Waals surface area contributed by atoms with Gasteiger partial charge in [0, 0.05) is 19.5 Å². The summed E-state index contributed by atoms with van der Waals surface area (Å²) in [5, 5.41) is 8.89. The van der Waals surface area contributed by atoms with E-state index in [-0.39, 0.29) is 32.2 Å². The number of hydrogen-bond donors (Lipinski definition) is 1. The highest BCUT2D eigenvalue weighted by Crippen LogP contribution is 2.37. The summed E-state index contributed by atoms with van der Waals surface area (Å²) in [6.45, 7) is 14.5. The van der Waals surface area contributed by atoms with Crippen LogP contribution in [0.2, 0.25) is 0 Å². The zero-order chi connectivity index (χ0) is 35.2. The van der Waals surface area contributed by atoms with Crippen molar-refractivity contribution >= 4 is 11.9 Å². The van der Waals surface area contributed by atoms with Crippen LogP contribution in [0.25, 0.3) is 11.1 Å². The van der Waals surface area contributed by atoms with Gasteiger partial charge in [-0.1, -0.05) is 43.7 Å². The Bertz CT molecular complexity index is 1720. The topological polar surface area (TPSA) is 84.8 Å². The van der Waals surface area contributed by atoms with E-state index in [2.05, 4.69) is 61.1 Å². The van der Waals surface area contributed by atoms with Gasteiger partial charge in [-0.3, -0.25) is 4.79 Å². The first kappa shape index (κ1) is 36.2. The van der Waals surface area contributed by atoms with Gasteiger partial charge in [-0.25, -0.2) is 9.97 Å². The number of carboxylic acids is 1. The zero-order valence-corrected chi connectivity index (χ0v) is 28.6. The van der Waals surface area contributed by atoms with E-state index < -0.39 is 17.7 Å². The molecule has 0 aliphatic rings. The lowest BCUT2D eigenvalue weighted by atomic mass is 9.90. The lowest BCUT2D eigenvalue weighted by molar-refractivity contribution is -0.138. The van der Waals surface area contributed by atoms with Gasteiger partial charge in [0.1, 0.15) is 5.75 Å². The second kappa shape index (κ2) is 15.5. The predicted octanol–water partition coefficient (Wildman–Crippen LogP) is 9.45. The monoisotopic (exact) mass is 663 g/mol. The number of alkyl halides is 3. The summed E-state index contributed by atoms with van der Waals surface area (Å²) in [5.74, 6) is 0.839. The van der Waals surface area contributed by atoms with E-state index in [0.717, 1.165) is 39.6 Å². The second-order valence-electron chi connectivity index (χ2n) is 12.8. The van der Waals surface area contributed by atoms with Gasteiger partial charge in [-0.05, 0) is 110 Å². The lowest BCUT2D eigenvalue weighted by Crippen LogP contribution is -2.25. The molecule has 3 aromatic carbocycles. The molecule has 0 radical (unpaired) electrons. The molecule has 0 bridgehead atoms. The average molecular weight is 664 g/mol. The minimum absolute atomic E-state index is 0.0224. The van der Waals surface area contributed by atoms with Crippen molar-refractivity contribution in [3.63, 3.8) is 0 Å². The van der Waals surface area contributed by atoms with Crippen LogP contribution in [0.5, 0.6) is 11.5 Å². The first-order valence-electron chi connectivity index (χ1n) is 16.1. The van der Waals surface area contributed by atoms with Crippen LogP contribution >= 0.6 is 0 Å². The van der Waals surface area contributed by atoms with Gasteiger partial charge in [0.15, 0.2) is 5.75 Å². The van der Waals surface area contributed by atoms with Gasteiger partial charge in [-0.2, -0.15) is 13.2 Å². The first-order valence-corrected chi connectivity index (χ1v) is 16.1. The summed E-state index contributed by atoms with van der Waals surface area (Å²) in [5.41, 5.74) is 6.40. The summed E-state index contributed by atoms with van der Waals surface area (Å²) in [6, 6.07) is 14.6. The largest absolute Gasteiger partial charge is 0.491 e. The maximum atomic E-state index is 13.8. The summed E-state index contributed by atoms with van der Waals surface area (Å²) >= 11 is 0. The van der Waals surface area contributed by atoms with Crippen LogP contribution in [-0.2, 0) is 24.1 Å². The van der Waals surface area contributed by atoms with Crippen molar-refractivity contribution in [3.8, 4) is 22.6 Å². The molecule has 0 spiro atoms. The number of aryl methyl sites for hydroxylation is 3. The Hall–Kier alpha value is -4.60. The molecule has 7 nitrogen and oxygen atoms in total. The molecule has 0 aliphatic carbocycles. The van der Waals surface area contributed by atoms with E-state index >= 15 is 0 Å². The maximum absolute atomic E-state index is 13.8. The molecule has 256 valence electrons. The lowest BCUT2D eigenvalue weighted by Gasteiger charge is -2.26. The Labute approximate surface area is 280 Å². The number of benzene rings is 3. The van der Waals surface area contributed by atoms with Crippen molar-refractivity contribution in [3.05, 3.63) is 99.9 Å². The Morgan fingerprint density at radius 3 is 2.23 bits per heavy atom.